The van der Waals surface area contributed by atoms with Crippen LogP contribution < -0.4 is 5.73 Å². The highest BCUT2D eigenvalue weighted by atomic mass is 16.3. The fourth-order valence-electron chi connectivity index (χ4n) is 2.99. The highest BCUT2D eigenvalue weighted by molar-refractivity contribution is 5.95. The van der Waals surface area contributed by atoms with Crippen LogP contribution in [0.4, 0.5) is 4.79 Å². The summed E-state index contributed by atoms with van der Waals surface area (Å²) in [6.07, 6.45) is 2.54. The Bertz CT molecular complexity index is 616. The number of carbonyl (C=O) groups is 1. The van der Waals surface area contributed by atoms with Gasteiger partial charge in [0.15, 0.2) is 0 Å². The van der Waals surface area contributed by atoms with E-state index in [1.165, 1.54) is 5.56 Å². The number of aliphatic hydroxyl groups is 1. The third-order valence-electron chi connectivity index (χ3n) is 3.85. The zero-order valence-electron chi connectivity index (χ0n) is 10.1. The molecule has 94 valence electrons. The summed E-state index contributed by atoms with van der Waals surface area (Å²) in [5, 5.41) is 10.4. The minimum atomic E-state index is -0.421. The molecule has 18 heavy (non-hydrogen) atoms. The number of nitrogens with two attached hydrogens (primary N) is 1. The first-order chi connectivity index (χ1) is 8.72. The average molecular weight is 244 g/mol. The molecule has 3 rings (SSSR count). The van der Waals surface area contributed by atoms with Crippen molar-refractivity contribution in [2.45, 2.75) is 19.3 Å². The van der Waals surface area contributed by atoms with Crippen LogP contribution in [-0.2, 0) is 12.8 Å². The SMILES string of the molecule is NC(=O)n1c2c(c3ccccc31)CC(CO)CC2. The Kier molecular flexibility index (Phi) is 2.59. The molecule has 1 unspecified atom stereocenters. The number of fused-ring (bicyclic) bond motifs is 3. The molecule has 2 aromatic rings. The molecule has 1 aliphatic carbocycles. The summed E-state index contributed by atoms with van der Waals surface area (Å²) < 4.78 is 1.62. The smallest absolute Gasteiger partial charge is 0.323 e. The maximum absolute atomic E-state index is 11.6. The number of amides is 1. The van der Waals surface area contributed by atoms with E-state index >= 15 is 0 Å². The molecular formula is C14H16N2O2. The molecule has 0 saturated heterocycles. The second kappa shape index (κ2) is 4.14. The monoisotopic (exact) mass is 244 g/mol. The minimum Gasteiger partial charge on any atom is -0.396 e. The Balaban J connectivity index is 2.27. The molecule has 4 heteroatoms. The normalized spacial score (nSPS) is 18.8. The number of carbonyl (C=O) groups excluding carboxylic acids is 1. The van der Waals surface area contributed by atoms with Crippen molar-refractivity contribution in [3.8, 4) is 0 Å². The Labute approximate surface area is 105 Å². The van der Waals surface area contributed by atoms with E-state index in [0.717, 1.165) is 35.9 Å². The standard InChI is InChI=1S/C14H16N2O2/c15-14(18)16-12-4-2-1-3-10(12)11-7-9(8-17)5-6-13(11)16/h1-4,9,17H,5-8H2,(H2,15,18). The van der Waals surface area contributed by atoms with Crippen molar-refractivity contribution < 1.29 is 9.90 Å². The zero-order chi connectivity index (χ0) is 12.7. The lowest BCUT2D eigenvalue weighted by Crippen LogP contribution is -2.25. The quantitative estimate of drug-likeness (QED) is 0.801. The second-order valence-electron chi connectivity index (χ2n) is 4.91. The Morgan fingerprint density at radius 2 is 2.22 bits per heavy atom. The highest BCUT2D eigenvalue weighted by Crippen LogP contribution is 2.33. The Morgan fingerprint density at radius 3 is 2.94 bits per heavy atom. The number of aliphatic hydroxyl groups excluding tert-OH is 1. The van der Waals surface area contributed by atoms with Crippen molar-refractivity contribution in [3.05, 3.63) is 35.5 Å². The van der Waals surface area contributed by atoms with Crippen LogP contribution in [0.2, 0.25) is 0 Å². The molecule has 1 amide bonds. The number of rotatable bonds is 1. The van der Waals surface area contributed by atoms with Gasteiger partial charge in [-0.25, -0.2) is 4.79 Å². The van der Waals surface area contributed by atoms with E-state index in [1.54, 1.807) is 4.57 Å². The van der Waals surface area contributed by atoms with E-state index in [2.05, 4.69) is 0 Å². The van der Waals surface area contributed by atoms with Gasteiger partial charge in [0.05, 0.1) is 5.52 Å². The molecule has 1 atom stereocenters. The first-order valence-corrected chi connectivity index (χ1v) is 6.24. The van der Waals surface area contributed by atoms with Crippen LogP contribution in [0, 0.1) is 5.92 Å². The van der Waals surface area contributed by atoms with E-state index in [-0.39, 0.29) is 6.61 Å². The molecule has 0 radical (unpaired) electrons. The van der Waals surface area contributed by atoms with Gasteiger partial charge < -0.3 is 10.8 Å². The summed E-state index contributed by atoms with van der Waals surface area (Å²) in [6.45, 7) is 0.204. The fraction of sp³-hybridized carbons (Fsp3) is 0.357. The summed E-state index contributed by atoms with van der Waals surface area (Å²) >= 11 is 0. The van der Waals surface area contributed by atoms with Crippen LogP contribution in [0.5, 0.6) is 0 Å². The number of hydrogen-bond donors (Lipinski definition) is 2. The van der Waals surface area contributed by atoms with Gasteiger partial charge in [-0.2, -0.15) is 0 Å². The first-order valence-electron chi connectivity index (χ1n) is 6.24. The topological polar surface area (TPSA) is 68.2 Å². The first kappa shape index (κ1) is 11.3. The summed E-state index contributed by atoms with van der Waals surface area (Å²) in [4.78, 5) is 11.6. The second-order valence-corrected chi connectivity index (χ2v) is 4.91. The number of aromatic nitrogens is 1. The van der Waals surface area contributed by atoms with Crippen molar-refractivity contribution in [2.75, 3.05) is 6.61 Å². The summed E-state index contributed by atoms with van der Waals surface area (Å²) in [5.74, 6) is 0.296. The molecule has 3 N–H and O–H groups in total. The molecule has 0 spiro atoms. The Hall–Kier alpha value is -1.81. The fourth-order valence-corrected chi connectivity index (χ4v) is 2.99. The van der Waals surface area contributed by atoms with Crippen LogP contribution in [0.3, 0.4) is 0 Å². The molecule has 1 aromatic heterocycles. The van der Waals surface area contributed by atoms with Crippen molar-refractivity contribution in [1.82, 2.24) is 4.57 Å². The third kappa shape index (κ3) is 1.53. The predicted molar refractivity (Wildman–Crippen MR) is 69.5 cm³/mol. The number of para-hydroxylation sites is 1. The van der Waals surface area contributed by atoms with Crippen molar-refractivity contribution in [2.24, 2.45) is 11.7 Å². The zero-order valence-corrected chi connectivity index (χ0v) is 10.1. The summed E-state index contributed by atoms with van der Waals surface area (Å²) in [5.41, 5.74) is 8.57. The lowest BCUT2D eigenvalue weighted by molar-refractivity contribution is 0.212. The van der Waals surface area contributed by atoms with Crippen molar-refractivity contribution in [1.29, 1.82) is 0 Å². The molecule has 0 fully saturated rings. The van der Waals surface area contributed by atoms with Gasteiger partial charge in [-0.05, 0) is 36.8 Å². The average Bonchev–Trinajstić information content (AvgIpc) is 2.72. The van der Waals surface area contributed by atoms with Gasteiger partial charge in [-0.1, -0.05) is 18.2 Å². The Morgan fingerprint density at radius 1 is 1.44 bits per heavy atom. The summed E-state index contributed by atoms with van der Waals surface area (Å²) in [6, 6.07) is 7.40. The van der Waals surface area contributed by atoms with Crippen LogP contribution in [0.15, 0.2) is 24.3 Å². The highest BCUT2D eigenvalue weighted by Gasteiger charge is 2.26. The number of benzene rings is 1. The molecule has 0 saturated carbocycles. The van der Waals surface area contributed by atoms with Crippen LogP contribution in [-0.4, -0.2) is 22.3 Å². The predicted octanol–water partition coefficient (Wildman–Crippen LogP) is 1.67. The minimum absolute atomic E-state index is 0.204. The van der Waals surface area contributed by atoms with E-state index in [4.69, 9.17) is 5.73 Å². The summed E-state index contributed by atoms with van der Waals surface area (Å²) in [7, 11) is 0. The van der Waals surface area contributed by atoms with Crippen molar-refractivity contribution >= 4 is 16.9 Å². The van der Waals surface area contributed by atoms with E-state index in [0.29, 0.717) is 5.92 Å². The molecule has 0 bridgehead atoms. The van der Waals surface area contributed by atoms with Gasteiger partial charge in [-0.3, -0.25) is 4.57 Å². The lowest BCUT2D eigenvalue weighted by atomic mass is 9.87. The van der Waals surface area contributed by atoms with Gasteiger partial charge in [0.1, 0.15) is 0 Å². The molecule has 4 nitrogen and oxygen atoms in total. The van der Waals surface area contributed by atoms with Gasteiger partial charge in [0.25, 0.3) is 0 Å². The number of nitrogens with zero attached hydrogens (tertiary/aromatic N) is 1. The maximum Gasteiger partial charge on any atom is 0.323 e. The van der Waals surface area contributed by atoms with E-state index in [1.807, 2.05) is 24.3 Å². The maximum atomic E-state index is 11.6. The van der Waals surface area contributed by atoms with Gasteiger partial charge in [0.2, 0.25) is 0 Å². The molecule has 0 aliphatic heterocycles. The molecule has 1 heterocycles. The molecule has 1 aromatic carbocycles. The van der Waals surface area contributed by atoms with Crippen molar-refractivity contribution in [3.63, 3.8) is 0 Å². The molecular weight excluding hydrogens is 228 g/mol. The van der Waals surface area contributed by atoms with Gasteiger partial charge >= 0.3 is 6.03 Å². The van der Waals surface area contributed by atoms with Gasteiger partial charge in [0, 0.05) is 17.7 Å². The van der Waals surface area contributed by atoms with Gasteiger partial charge in [-0.15, -0.1) is 0 Å². The van der Waals surface area contributed by atoms with E-state index in [9.17, 15) is 9.90 Å². The van der Waals surface area contributed by atoms with E-state index < -0.39 is 6.03 Å². The number of hydrogen-bond acceptors (Lipinski definition) is 2. The third-order valence-corrected chi connectivity index (χ3v) is 3.85. The van der Waals surface area contributed by atoms with Crippen LogP contribution in [0.1, 0.15) is 17.7 Å². The molecule has 1 aliphatic rings. The van der Waals surface area contributed by atoms with Crippen LogP contribution >= 0.6 is 0 Å². The van der Waals surface area contributed by atoms with Crippen LogP contribution in [0.25, 0.3) is 10.9 Å². The largest absolute Gasteiger partial charge is 0.396 e. The number of primary amides is 1. The lowest BCUT2D eigenvalue weighted by Gasteiger charge is -2.21.